The molecule has 1 N–H and O–H groups in total. The molecular formula is C16H25NO. The molecule has 0 radical (unpaired) electrons. The minimum absolute atomic E-state index is 0.294. The van der Waals surface area contributed by atoms with E-state index in [1.807, 2.05) is 12.1 Å². The Morgan fingerprint density at radius 2 is 2.06 bits per heavy atom. The van der Waals surface area contributed by atoms with E-state index in [1.165, 1.54) is 18.4 Å². The van der Waals surface area contributed by atoms with Gasteiger partial charge in [-0.2, -0.15) is 0 Å². The van der Waals surface area contributed by atoms with E-state index in [0.29, 0.717) is 17.8 Å². The van der Waals surface area contributed by atoms with Crippen molar-refractivity contribution >= 4 is 0 Å². The topological polar surface area (TPSA) is 23.5 Å². The van der Waals surface area contributed by atoms with E-state index in [2.05, 4.69) is 38.7 Å². The molecule has 0 bridgehead atoms. The molecule has 18 heavy (non-hydrogen) atoms. The van der Waals surface area contributed by atoms with Crippen LogP contribution in [0.3, 0.4) is 0 Å². The third-order valence-electron chi connectivity index (χ3n) is 4.55. The molecule has 2 heteroatoms. The van der Waals surface area contributed by atoms with Crippen molar-refractivity contribution in [3.8, 4) is 5.75 Å². The van der Waals surface area contributed by atoms with Crippen LogP contribution in [0, 0.1) is 12.8 Å². The predicted molar refractivity (Wildman–Crippen MR) is 75.8 cm³/mol. The number of phenolic OH excluding ortho intramolecular Hbond substituents is 1. The van der Waals surface area contributed by atoms with E-state index in [4.69, 9.17) is 0 Å². The van der Waals surface area contributed by atoms with Gasteiger partial charge in [0.25, 0.3) is 0 Å². The lowest BCUT2D eigenvalue weighted by Gasteiger charge is -2.42. The summed E-state index contributed by atoms with van der Waals surface area (Å²) in [4.78, 5) is 2.53. The molecule has 3 atom stereocenters. The normalized spacial score (nSPS) is 27.1. The van der Waals surface area contributed by atoms with E-state index < -0.39 is 0 Å². The number of hydrogen-bond acceptors (Lipinski definition) is 2. The average Bonchev–Trinajstić information content (AvgIpc) is 2.35. The van der Waals surface area contributed by atoms with Gasteiger partial charge < -0.3 is 5.11 Å². The molecule has 0 aromatic heterocycles. The monoisotopic (exact) mass is 247 g/mol. The Kier molecular flexibility index (Phi) is 3.96. The lowest BCUT2D eigenvalue weighted by molar-refractivity contribution is 0.0743. The van der Waals surface area contributed by atoms with Crippen LogP contribution >= 0.6 is 0 Å². The fraction of sp³-hybridized carbons (Fsp3) is 0.625. The van der Waals surface area contributed by atoms with E-state index in [0.717, 1.165) is 18.0 Å². The van der Waals surface area contributed by atoms with Crippen LogP contribution in [0.1, 0.15) is 50.8 Å². The van der Waals surface area contributed by atoms with Gasteiger partial charge in [-0.1, -0.05) is 24.6 Å². The summed E-state index contributed by atoms with van der Waals surface area (Å²) in [7, 11) is 0. The molecule has 0 amide bonds. The Balaban J connectivity index is 2.24. The standard InChI is InChI=1S/C16H25NO/c1-11-7-8-16(18)15(10-11)14(4)17-9-5-6-12(2)13(17)3/h7-8,10,12-14,18H,5-6,9H2,1-4H3. The zero-order valence-electron chi connectivity index (χ0n) is 12.0. The molecule has 1 aliphatic heterocycles. The van der Waals surface area contributed by atoms with Crippen LogP contribution in [-0.2, 0) is 0 Å². The van der Waals surface area contributed by atoms with Crippen molar-refractivity contribution in [1.82, 2.24) is 4.90 Å². The van der Waals surface area contributed by atoms with Crippen molar-refractivity contribution in [2.24, 2.45) is 5.92 Å². The van der Waals surface area contributed by atoms with Gasteiger partial charge in [0.15, 0.2) is 0 Å². The van der Waals surface area contributed by atoms with Crippen LogP contribution in [0.25, 0.3) is 0 Å². The van der Waals surface area contributed by atoms with Crippen LogP contribution in [0.2, 0.25) is 0 Å². The number of rotatable bonds is 2. The molecular weight excluding hydrogens is 222 g/mol. The fourth-order valence-corrected chi connectivity index (χ4v) is 3.10. The van der Waals surface area contributed by atoms with Crippen molar-refractivity contribution in [1.29, 1.82) is 0 Å². The molecule has 1 fully saturated rings. The minimum atomic E-state index is 0.294. The molecule has 2 nitrogen and oxygen atoms in total. The van der Waals surface area contributed by atoms with E-state index in [9.17, 15) is 5.11 Å². The molecule has 1 heterocycles. The molecule has 0 spiro atoms. The van der Waals surface area contributed by atoms with Gasteiger partial charge in [0, 0.05) is 17.6 Å². The predicted octanol–water partition coefficient (Wildman–Crippen LogP) is 3.88. The molecule has 1 saturated heterocycles. The fourth-order valence-electron chi connectivity index (χ4n) is 3.10. The SMILES string of the molecule is Cc1ccc(O)c(C(C)N2CCCC(C)C2C)c1. The van der Waals surface area contributed by atoms with E-state index in [1.54, 1.807) is 0 Å². The second-order valence-corrected chi connectivity index (χ2v) is 5.84. The lowest BCUT2D eigenvalue weighted by atomic mass is 9.89. The van der Waals surface area contributed by atoms with Gasteiger partial charge in [-0.25, -0.2) is 0 Å². The molecule has 0 saturated carbocycles. The highest BCUT2D eigenvalue weighted by molar-refractivity contribution is 5.37. The summed E-state index contributed by atoms with van der Waals surface area (Å²) in [5.41, 5.74) is 2.28. The smallest absolute Gasteiger partial charge is 0.120 e. The Morgan fingerprint density at radius 1 is 1.33 bits per heavy atom. The number of hydrogen-bond donors (Lipinski definition) is 1. The first-order valence-electron chi connectivity index (χ1n) is 7.06. The third-order valence-corrected chi connectivity index (χ3v) is 4.55. The Hall–Kier alpha value is -1.02. The number of nitrogens with zero attached hydrogens (tertiary/aromatic N) is 1. The summed E-state index contributed by atoms with van der Waals surface area (Å²) in [6, 6.07) is 6.79. The molecule has 3 unspecified atom stereocenters. The summed E-state index contributed by atoms with van der Waals surface area (Å²) in [6.07, 6.45) is 2.59. The van der Waals surface area contributed by atoms with Crippen molar-refractivity contribution < 1.29 is 5.11 Å². The molecule has 100 valence electrons. The summed E-state index contributed by atoms with van der Waals surface area (Å²) in [5, 5.41) is 10.1. The van der Waals surface area contributed by atoms with Crippen molar-refractivity contribution in [2.75, 3.05) is 6.54 Å². The third kappa shape index (κ3) is 2.54. The Labute approximate surface area is 111 Å². The van der Waals surface area contributed by atoms with Gasteiger partial charge in [-0.15, -0.1) is 0 Å². The van der Waals surface area contributed by atoms with Gasteiger partial charge in [0.05, 0.1) is 0 Å². The maximum Gasteiger partial charge on any atom is 0.120 e. The number of phenols is 1. The zero-order valence-corrected chi connectivity index (χ0v) is 12.0. The molecule has 1 aliphatic rings. The van der Waals surface area contributed by atoms with Crippen molar-refractivity contribution in [3.05, 3.63) is 29.3 Å². The zero-order chi connectivity index (χ0) is 13.3. The summed E-state index contributed by atoms with van der Waals surface area (Å²) in [5.74, 6) is 1.17. The van der Waals surface area contributed by atoms with Gasteiger partial charge in [0.2, 0.25) is 0 Å². The average molecular weight is 247 g/mol. The van der Waals surface area contributed by atoms with Crippen LogP contribution < -0.4 is 0 Å². The van der Waals surface area contributed by atoms with Crippen LogP contribution in [-0.4, -0.2) is 22.6 Å². The number of benzene rings is 1. The van der Waals surface area contributed by atoms with E-state index >= 15 is 0 Å². The van der Waals surface area contributed by atoms with Crippen molar-refractivity contribution in [2.45, 2.75) is 52.6 Å². The summed E-state index contributed by atoms with van der Waals surface area (Å²) in [6.45, 7) is 10.1. The summed E-state index contributed by atoms with van der Waals surface area (Å²) >= 11 is 0. The first-order chi connectivity index (χ1) is 8.50. The first-order valence-corrected chi connectivity index (χ1v) is 7.06. The van der Waals surface area contributed by atoms with E-state index in [-0.39, 0.29) is 0 Å². The Morgan fingerprint density at radius 3 is 2.78 bits per heavy atom. The molecule has 1 aromatic rings. The van der Waals surface area contributed by atoms with Crippen molar-refractivity contribution in [3.63, 3.8) is 0 Å². The second kappa shape index (κ2) is 5.31. The van der Waals surface area contributed by atoms with Gasteiger partial charge >= 0.3 is 0 Å². The van der Waals surface area contributed by atoms with Crippen LogP contribution in [0.4, 0.5) is 0 Å². The summed E-state index contributed by atoms with van der Waals surface area (Å²) < 4.78 is 0. The molecule has 2 rings (SSSR count). The number of piperidine rings is 1. The first kappa shape index (κ1) is 13.4. The Bertz CT molecular complexity index is 416. The maximum absolute atomic E-state index is 10.1. The highest BCUT2D eigenvalue weighted by Gasteiger charge is 2.29. The van der Waals surface area contributed by atoms with Crippen LogP contribution in [0.15, 0.2) is 18.2 Å². The lowest BCUT2D eigenvalue weighted by Crippen LogP contribution is -2.43. The number of aromatic hydroxyl groups is 1. The maximum atomic E-state index is 10.1. The highest BCUT2D eigenvalue weighted by Crippen LogP contribution is 2.35. The van der Waals surface area contributed by atoms with Gasteiger partial charge in [0.1, 0.15) is 5.75 Å². The largest absolute Gasteiger partial charge is 0.508 e. The highest BCUT2D eigenvalue weighted by atomic mass is 16.3. The van der Waals surface area contributed by atoms with Gasteiger partial charge in [-0.05, 0) is 52.1 Å². The second-order valence-electron chi connectivity index (χ2n) is 5.84. The van der Waals surface area contributed by atoms with Gasteiger partial charge in [-0.3, -0.25) is 4.90 Å². The minimum Gasteiger partial charge on any atom is -0.508 e. The number of aryl methyl sites for hydroxylation is 1. The molecule has 1 aromatic carbocycles. The molecule has 0 aliphatic carbocycles. The quantitative estimate of drug-likeness (QED) is 0.857. The number of likely N-dealkylation sites (tertiary alicyclic amines) is 1. The van der Waals surface area contributed by atoms with Crippen LogP contribution in [0.5, 0.6) is 5.75 Å².